The van der Waals surface area contributed by atoms with Crippen LogP contribution in [-0.2, 0) is 11.2 Å². The van der Waals surface area contributed by atoms with Gasteiger partial charge < -0.3 is 4.90 Å². The summed E-state index contributed by atoms with van der Waals surface area (Å²) >= 11 is 6.02. The number of amides is 1. The molecule has 1 saturated heterocycles. The Bertz CT molecular complexity index is 432. The van der Waals surface area contributed by atoms with Crippen LogP contribution < -0.4 is 0 Å². The average molecular weight is 236 g/mol. The molecule has 0 spiro atoms. The molecule has 16 heavy (non-hydrogen) atoms. The van der Waals surface area contributed by atoms with Crippen molar-refractivity contribution in [3.05, 3.63) is 35.4 Å². The van der Waals surface area contributed by atoms with Crippen molar-refractivity contribution in [1.82, 2.24) is 4.90 Å². The van der Waals surface area contributed by atoms with Gasteiger partial charge >= 0.3 is 0 Å². The van der Waals surface area contributed by atoms with E-state index in [9.17, 15) is 4.79 Å². The molecule has 0 aromatic heterocycles. The van der Waals surface area contributed by atoms with Crippen molar-refractivity contribution >= 4 is 17.5 Å². The molecule has 1 heterocycles. The first kappa shape index (κ1) is 10.2. The Labute approximate surface area is 100 Å². The molecule has 2 aliphatic rings. The lowest BCUT2D eigenvalue weighted by molar-refractivity contribution is -0.132. The number of fused-ring (bicyclic) bond motifs is 1. The van der Waals surface area contributed by atoms with Gasteiger partial charge in [0.05, 0.1) is 11.3 Å². The number of benzene rings is 1. The van der Waals surface area contributed by atoms with Gasteiger partial charge in [-0.3, -0.25) is 4.79 Å². The zero-order chi connectivity index (χ0) is 11.1. The van der Waals surface area contributed by atoms with Gasteiger partial charge in [0, 0.05) is 13.1 Å². The maximum absolute atomic E-state index is 12.2. The lowest BCUT2D eigenvalue weighted by atomic mass is 9.77. The second kappa shape index (κ2) is 3.77. The van der Waals surface area contributed by atoms with Crippen LogP contribution in [0.3, 0.4) is 0 Å². The highest BCUT2D eigenvalue weighted by Crippen LogP contribution is 2.36. The van der Waals surface area contributed by atoms with Crippen LogP contribution in [0.5, 0.6) is 0 Å². The number of hydrogen-bond acceptors (Lipinski definition) is 1. The predicted octanol–water partition coefficient (Wildman–Crippen LogP) is 2.17. The van der Waals surface area contributed by atoms with Gasteiger partial charge in [0.1, 0.15) is 0 Å². The van der Waals surface area contributed by atoms with Gasteiger partial charge in [-0.05, 0) is 24.0 Å². The first-order valence-corrected chi connectivity index (χ1v) is 6.20. The highest BCUT2D eigenvalue weighted by molar-refractivity contribution is 6.21. The first-order valence-electron chi connectivity index (χ1n) is 5.76. The summed E-state index contributed by atoms with van der Waals surface area (Å²) in [5.41, 5.74) is 2.54. The van der Waals surface area contributed by atoms with Crippen LogP contribution in [0.25, 0.3) is 0 Å². The molecule has 0 radical (unpaired) electrons. The van der Waals surface area contributed by atoms with E-state index in [1.54, 1.807) is 0 Å². The van der Waals surface area contributed by atoms with Gasteiger partial charge in [-0.1, -0.05) is 24.3 Å². The molecule has 0 saturated carbocycles. The summed E-state index contributed by atoms with van der Waals surface area (Å²) in [5, 5.41) is 0.152. The van der Waals surface area contributed by atoms with E-state index in [2.05, 4.69) is 12.1 Å². The lowest BCUT2D eigenvalue weighted by Crippen LogP contribution is -2.38. The molecular formula is C13H14ClNO. The third-order valence-corrected chi connectivity index (χ3v) is 3.95. The van der Waals surface area contributed by atoms with Crippen molar-refractivity contribution in [2.24, 2.45) is 0 Å². The van der Waals surface area contributed by atoms with E-state index in [0.29, 0.717) is 0 Å². The fourth-order valence-corrected chi connectivity index (χ4v) is 2.88. The molecule has 2 nitrogen and oxygen atoms in total. The summed E-state index contributed by atoms with van der Waals surface area (Å²) in [7, 11) is 0. The Morgan fingerprint density at radius 3 is 2.88 bits per heavy atom. The second-order valence-corrected chi connectivity index (χ2v) is 5.24. The van der Waals surface area contributed by atoms with Crippen LogP contribution in [0, 0.1) is 0 Å². The number of carbonyl (C=O) groups excluding carboxylic acids is 1. The SMILES string of the molecule is O=C(C1Cc2ccccc21)N1CCC(Cl)C1. The van der Waals surface area contributed by atoms with Gasteiger partial charge in [0.15, 0.2) is 0 Å². The van der Waals surface area contributed by atoms with E-state index in [1.165, 1.54) is 11.1 Å². The van der Waals surface area contributed by atoms with Crippen LogP contribution >= 0.6 is 11.6 Å². The summed E-state index contributed by atoms with van der Waals surface area (Å²) < 4.78 is 0. The molecule has 3 rings (SSSR count). The van der Waals surface area contributed by atoms with Gasteiger partial charge in [0.25, 0.3) is 0 Å². The summed E-state index contributed by atoms with van der Waals surface area (Å²) in [4.78, 5) is 14.1. The standard InChI is InChI=1S/C13H14ClNO/c14-10-5-6-15(8-10)13(16)12-7-9-3-1-2-4-11(9)12/h1-4,10,12H,5-8H2. The van der Waals surface area contributed by atoms with Crippen molar-refractivity contribution in [2.75, 3.05) is 13.1 Å². The van der Waals surface area contributed by atoms with Crippen molar-refractivity contribution < 1.29 is 4.79 Å². The van der Waals surface area contributed by atoms with Crippen LogP contribution in [-0.4, -0.2) is 29.3 Å². The predicted molar refractivity (Wildman–Crippen MR) is 63.7 cm³/mol. The third-order valence-electron chi connectivity index (χ3n) is 3.60. The molecule has 1 amide bonds. The number of halogens is 1. The van der Waals surface area contributed by atoms with Crippen LogP contribution in [0.15, 0.2) is 24.3 Å². The molecule has 0 bridgehead atoms. The minimum absolute atomic E-state index is 0.0955. The van der Waals surface area contributed by atoms with Crippen LogP contribution in [0.1, 0.15) is 23.5 Å². The second-order valence-electron chi connectivity index (χ2n) is 4.63. The average Bonchev–Trinajstić information content (AvgIpc) is 2.67. The smallest absolute Gasteiger partial charge is 0.230 e. The van der Waals surface area contributed by atoms with Crippen LogP contribution in [0.4, 0.5) is 0 Å². The van der Waals surface area contributed by atoms with E-state index in [1.807, 2.05) is 17.0 Å². The number of likely N-dealkylation sites (tertiary alicyclic amines) is 1. The summed E-state index contributed by atoms with van der Waals surface area (Å²) in [6, 6.07) is 8.21. The molecule has 84 valence electrons. The van der Waals surface area contributed by atoms with Gasteiger partial charge in [-0.2, -0.15) is 0 Å². The Morgan fingerprint density at radius 2 is 2.19 bits per heavy atom. The lowest BCUT2D eigenvalue weighted by Gasteiger charge is -2.32. The zero-order valence-electron chi connectivity index (χ0n) is 9.03. The van der Waals surface area contributed by atoms with E-state index in [0.717, 1.165) is 25.9 Å². The van der Waals surface area contributed by atoms with Crippen molar-refractivity contribution in [3.63, 3.8) is 0 Å². The van der Waals surface area contributed by atoms with Crippen LogP contribution in [0.2, 0.25) is 0 Å². The minimum Gasteiger partial charge on any atom is -0.341 e. The molecule has 1 aliphatic carbocycles. The first-order chi connectivity index (χ1) is 7.75. The summed E-state index contributed by atoms with van der Waals surface area (Å²) in [6.07, 6.45) is 1.83. The minimum atomic E-state index is 0.0955. The Balaban J connectivity index is 1.75. The highest BCUT2D eigenvalue weighted by Gasteiger charge is 2.36. The number of carbonyl (C=O) groups is 1. The third kappa shape index (κ3) is 1.52. The number of hydrogen-bond donors (Lipinski definition) is 0. The van der Waals surface area contributed by atoms with E-state index >= 15 is 0 Å². The maximum Gasteiger partial charge on any atom is 0.230 e. The molecule has 2 atom stereocenters. The Morgan fingerprint density at radius 1 is 1.38 bits per heavy atom. The molecule has 1 aromatic rings. The number of nitrogens with zero attached hydrogens (tertiary/aromatic N) is 1. The van der Waals surface area contributed by atoms with E-state index in [-0.39, 0.29) is 17.2 Å². The quantitative estimate of drug-likeness (QED) is 0.684. The van der Waals surface area contributed by atoms with E-state index < -0.39 is 0 Å². The molecular weight excluding hydrogens is 222 g/mol. The fourth-order valence-electron chi connectivity index (χ4n) is 2.62. The van der Waals surface area contributed by atoms with Crippen molar-refractivity contribution in [3.8, 4) is 0 Å². The monoisotopic (exact) mass is 235 g/mol. The number of rotatable bonds is 1. The van der Waals surface area contributed by atoms with E-state index in [4.69, 9.17) is 11.6 Å². The Hall–Kier alpha value is -1.02. The highest BCUT2D eigenvalue weighted by atomic mass is 35.5. The normalized spacial score (nSPS) is 27.4. The summed E-state index contributed by atoms with van der Waals surface area (Å²) in [6.45, 7) is 1.55. The molecule has 2 unspecified atom stereocenters. The fraction of sp³-hybridized carbons (Fsp3) is 0.462. The number of alkyl halides is 1. The molecule has 3 heteroatoms. The van der Waals surface area contributed by atoms with Gasteiger partial charge in [-0.25, -0.2) is 0 Å². The molecule has 1 aliphatic heterocycles. The zero-order valence-corrected chi connectivity index (χ0v) is 9.78. The molecule has 1 aromatic carbocycles. The largest absolute Gasteiger partial charge is 0.341 e. The Kier molecular flexibility index (Phi) is 2.40. The topological polar surface area (TPSA) is 20.3 Å². The van der Waals surface area contributed by atoms with Gasteiger partial charge in [0.2, 0.25) is 5.91 Å². The molecule has 1 fully saturated rings. The summed E-state index contributed by atoms with van der Waals surface area (Å²) in [5.74, 6) is 0.361. The van der Waals surface area contributed by atoms with Crippen molar-refractivity contribution in [1.29, 1.82) is 0 Å². The van der Waals surface area contributed by atoms with Gasteiger partial charge in [-0.15, -0.1) is 11.6 Å². The maximum atomic E-state index is 12.2. The van der Waals surface area contributed by atoms with Crippen molar-refractivity contribution in [2.45, 2.75) is 24.1 Å². The molecule has 0 N–H and O–H groups in total.